The average Bonchev–Trinajstić information content (AvgIpc) is 2.53. The number of amides is 1. The molecule has 0 unspecified atom stereocenters. The smallest absolute Gasteiger partial charge is 0.269 e. The van der Waals surface area contributed by atoms with Gasteiger partial charge in [0.25, 0.3) is 11.6 Å². The van der Waals surface area contributed by atoms with Crippen molar-refractivity contribution in [3.63, 3.8) is 0 Å². The van der Waals surface area contributed by atoms with Crippen molar-refractivity contribution in [2.45, 2.75) is 6.10 Å². The molecule has 6 nitrogen and oxygen atoms in total. The Morgan fingerprint density at radius 1 is 1.18 bits per heavy atom. The van der Waals surface area contributed by atoms with Gasteiger partial charge in [0.15, 0.2) is 0 Å². The van der Waals surface area contributed by atoms with Crippen molar-refractivity contribution >= 4 is 23.2 Å². The van der Waals surface area contributed by atoms with Gasteiger partial charge in [-0.2, -0.15) is 0 Å². The van der Waals surface area contributed by atoms with Crippen LogP contribution in [-0.4, -0.2) is 22.5 Å². The number of carbonyl (C=O) groups excluding carboxylic acids is 1. The summed E-state index contributed by atoms with van der Waals surface area (Å²) < 4.78 is 0. The summed E-state index contributed by atoms with van der Waals surface area (Å²) in [6, 6.07) is 11.9. The monoisotopic (exact) mass is 320 g/mol. The van der Waals surface area contributed by atoms with Crippen molar-refractivity contribution < 1.29 is 14.8 Å². The molecule has 2 aromatic rings. The average molecular weight is 321 g/mol. The largest absolute Gasteiger partial charge is 0.387 e. The number of aliphatic hydroxyl groups is 1. The number of nitrogens with zero attached hydrogens (tertiary/aromatic N) is 1. The van der Waals surface area contributed by atoms with E-state index in [0.29, 0.717) is 10.6 Å². The van der Waals surface area contributed by atoms with Crippen LogP contribution in [0.3, 0.4) is 0 Å². The Bertz CT molecular complexity index is 671. The molecular weight excluding hydrogens is 308 g/mol. The van der Waals surface area contributed by atoms with Gasteiger partial charge in [-0.15, -0.1) is 0 Å². The highest BCUT2D eigenvalue weighted by Gasteiger charge is 2.12. The van der Waals surface area contributed by atoms with Crippen molar-refractivity contribution in [3.05, 3.63) is 74.8 Å². The van der Waals surface area contributed by atoms with Crippen molar-refractivity contribution in [2.24, 2.45) is 0 Å². The Balaban J connectivity index is 1.94. The standard InChI is InChI=1S/C15H13ClN2O4/c16-12-5-1-10(2-6-12)14(19)9-17-15(20)11-3-7-13(8-4-11)18(21)22/h1-8,14,19H,9H2,(H,17,20)/t14-/m1/s1. The number of carbonyl (C=O) groups is 1. The minimum atomic E-state index is -0.862. The second kappa shape index (κ2) is 7.02. The van der Waals surface area contributed by atoms with E-state index in [-0.39, 0.29) is 17.8 Å². The maximum atomic E-state index is 11.9. The highest BCUT2D eigenvalue weighted by Crippen LogP contribution is 2.16. The number of nitro benzene ring substituents is 1. The lowest BCUT2D eigenvalue weighted by molar-refractivity contribution is -0.384. The Morgan fingerprint density at radius 3 is 2.32 bits per heavy atom. The molecule has 0 saturated carbocycles. The molecular formula is C15H13ClN2O4. The Hall–Kier alpha value is -2.44. The summed E-state index contributed by atoms with van der Waals surface area (Å²) in [5, 5.41) is 23.6. The zero-order valence-electron chi connectivity index (χ0n) is 11.4. The van der Waals surface area contributed by atoms with Gasteiger partial charge in [0.1, 0.15) is 0 Å². The minimum absolute atomic E-state index is 0.0253. The molecule has 2 aromatic carbocycles. The molecule has 2 N–H and O–H groups in total. The molecule has 1 atom stereocenters. The predicted octanol–water partition coefficient (Wildman–Crippen LogP) is 2.71. The van der Waals surface area contributed by atoms with Gasteiger partial charge in [0, 0.05) is 29.3 Å². The fraction of sp³-hybridized carbons (Fsp3) is 0.133. The van der Waals surface area contributed by atoms with Crippen LogP contribution in [0.4, 0.5) is 5.69 Å². The molecule has 2 rings (SSSR count). The Morgan fingerprint density at radius 2 is 1.77 bits per heavy atom. The number of aliphatic hydroxyl groups excluding tert-OH is 1. The molecule has 0 aliphatic carbocycles. The summed E-state index contributed by atoms with van der Waals surface area (Å²) in [5.74, 6) is -0.414. The maximum absolute atomic E-state index is 11.9. The van der Waals surface area contributed by atoms with E-state index < -0.39 is 16.9 Å². The van der Waals surface area contributed by atoms with Crippen LogP contribution in [0, 0.1) is 10.1 Å². The fourth-order valence-electron chi connectivity index (χ4n) is 1.83. The SMILES string of the molecule is O=C(NC[C@@H](O)c1ccc(Cl)cc1)c1ccc([N+](=O)[O-])cc1. The molecule has 1 amide bonds. The third kappa shape index (κ3) is 4.03. The molecule has 0 spiro atoms. The van der Waals surface area contributed by atoms with Crippen LogP contribution in [0.25, 0.3) is 0 Å². The molecule has 0 aliphatic rings. The summed E-state index contributed by atoms with van der Waals surface area (Å²) >= 11 is 5.76. The van der Waals surface area contributed by atoms with E-state index in [4.69, 9.17) is 11.6 Å². The zero-order chi connectivity index (χ0) is 16.1. The molecule has 114 valence electrons. The van der Waals surface area contributed by atoms with Gasteiger partial charge in [-0.1, -0.05) is 23.7 Å². The van der Waals surface area contributed by atoms with Crippen LogP contribution < -0.4 is 5.32 Å². The van der Waals surface area contributed by atoms with E-state index in [9.17, 15) is 20.0 Å². The predicted molar refractivity (Wildman–Crippen MR) is 81.8 cm³/mol. The van der Waals surface area contributed by atoms with Crippen LogP contribution >= 0.6 is 11.6 Å². The van der Waals surface area contributed by atoms with Gasteiger partial charge in [-0.3, -0.25) is 14.9 Å². The topological polar surface area (TPSA) is 92.5 Å². The van der Waals surface area contributed by atoms with Crippen LogP contribution in [-0.2, 0) is 0 Å². The molecule has 0 bridgehead atoms. The summed E-state index contributed by atoms with van der Waals surface area (Å²) in [6.45, 7) is 0.0253. The number of rotatable bonds is 5. The minimum Gasteiger partial charge on any atom is -0.387 e. The maximum Gasteiger partial charge on any atom is 0.269 e. The van der Waals surface area contributed by atoms with Gasteiger partial charge < -0.3 is 10.4 Å². The number of benzene rings is 2. The van der Waals surface area contributed by atoms with Crippen molar-refractivity contribution in [2.75, 3.05) is 6.54 Å². The van der Waals surface area contributed by atoms with E-state index >= 15 is 0 Å². The lowest BCUT2D eigenvalue weighted by Gasteiger charge is -2.12. The van der Waals surface area contributed by atoms with E-state index in [1.54, 1.807) is 24.3 Å². The van der Waals surface area contributed by atoms with Crippen molar-refractivity contribution in [3.8, 4) is 0 Å². The van der Waals surface area contributed by atoms with Crippen molar-refractivity contribution in [1.82, 2.24) is 5.32 Å². The summed E-state index contributed by atoms with van der Waals surface area (Å²) in [7, 11) is 0. The van der Waals surface area contributed by atoms with Crippen molar-refractivity contribution in [1.29, 1.82) is 0 Å². The summed E-state index contributed by atoms with van der Waals surface area (Å²) in [6.07, 6.45) is -0.862. The Kier molecular flexibility index (Phi) is 5.08. The molecule has 0 aliphatic heterocycles. The first-order chi connectivity index (χ1) is 10.5. The highest BCUT2D eigenvalue weighted by molar-refractivity contribution is 6.30. The van der Waals surface area contributed by atoms with Crippen LogP contribution in [0.15, 0.2) is 48.5 Å². The normalized spacial score (nSPS) is 11.7. The molecule has 0 fully saturated rings. The lowest BCUT2D eigenvalue weighted by atomic mass is 10.1. The van der Waals surface area contributed by atoms with Crippen LogP contribution in [0.5, 0.6) is 0 Å². The molecule has 7 heteroatoms. The first-order valence-electron chi connectivity index (χ1n) is 6.43. The number of non-ortho nitro benzene ring substituents is 1. The quantitative estimate of drug-likeness (QED) is 0.654. The van der Waals surface area contributed by atoms with Gasteiger partial charge in [-0.05, 0) is 29.8 Å². The molecule has 0 aromatic heterocycles. The summed E-state index contributed by atoms with van der Waals surface area (Å²) in [5.41, 5.74) is 0.833. The molecule has 0 radical (unpaired) electrons. The highest BCUT2D eigenvalue weighted by atomic mass is 35.5. The number of hydrogen-bond donors (Lipinski definition) is 2. The molecule has 0 saturated heterocycles. The van der Waals surface area contributed by atoms with Gasteiger partial charge in [0.05, 0.1) is 11.0 Å². The number of hydrogen-bond acceptors (Lipinski definition) is 4. The van der Waals surface area contributed by atoms with E-state index in [2.05, 4.69) is 5.32 Å². The Labute approximate surface area is 131 Å². The second-order valence-corrected chi connectivity index (χ2v) is 5.02. The first kappa shape index (κ1) is 15.9. The summed E-state index contributed by atoms with van der Waals surface area (Å²) in [4.78, 5) is 21.9. The fourth-order valence-corrected chi connectivity index (χ4v) is 1.95. The van der Waals surface area contributed by atoms with Crippen LogP contribution in [0.2, 0.25) is 5.02 Å². The zero-order valence-corrected chi connectivity index (χ0v) is 12.2. The van der Waals surface area contributed by atoms with Crippen LogP contribution in [0.1, 0.15) is 22.0 Å². The third-order valence-corrected chi connectivity index (χ3v) is 3.30. The van der Waals surface area contributed by atoms with E-state index in [0.717, 1.165) is 0 Å². The second-order valence-electron chi connectivity index (χ2n) is 4.58. The van der Waals surface area contributed by atoms with Gasteiger partial charge >= 0.3 is 0 Å². The molecule has 22 heavy (non-hydrogen) atoms. The number of nitro groups is 1. The lowest BCUT2D eigenvalue weighted by Crippen LogP contribution is -2.28. The number of halogens is 1. The molecule has 0 heterocycles. The van der Waals surface area contributed by atoms with Gasteiger partial charge in [0.2, 0.25) is 0 Å². The van der Waals surface area contributed by atoms with Gasteiger partial charge in [-0.25, -0.2) is 0 Å². The number of nitrogens with one attached hydrogen (secondary N) is 1. The van der Waals surface area contributed by atoms with E-state index in [1.807, 2.05) is 0 Å². The van der Waals surface area contributed by atoms with E-state index in [1.165, 1.54) is 24.3 Å². The first-order valence-corrected chi connectivity index (χ1v) is 6.81. The third-order valence-electron chi connectivity index (χ3n) is 3.05.